The maximum atomic E-state index is 13.9. The molecule has 0 aliphatic carbocycles. The number of nitrogens with zero attached hydrogens (tertiary/aromatic N) is 2. The number of benzene rings is 2. The lowest BCUT2D eigenvalue weighted by molar-refractivity contribution is -0.140. The minimum Gasteiger partial charge on any atom is -0.480 e. The number of aryl methyl sites for hydroxylation is 1. The van der Waals surface area contributed by atoms with Gasteiger partial charge in [-0.05, 0) is 36.8 Å². The van der Waals surface area contributed by atoms with Gasteiger partial charge in [0.25, 0.3) is 5.91 Å². The van der Waals surface area contributed by atoms with Crippen molar-refractivity contribution in [2.24, 2.45) is 5.73 Å². The predicted octanol–water partition coefficient (Wildman–Crippen LogP) is 4.34. The Labute approximate surface area is 183 Å². The first kappa shape index (κ1) is 22.0. The van der Waals surface area contributed by atoms with Crippen molar-refractivity contribution in [3.05, 3.63) is 70.0 Å². The Bertz CT molecular complexity index is 1180. The number of carbonyl (C=O) groups excluding carboxylic acids is 1. The van der Waals surface area contributed by atoms with Crippen LogP contribution in [0.4, 0.5) is 28.4 Å². The molecule has 3 N–H and O–H groups in total. The van der Waals surface area contributed by atoms with Crippen LogP contribution < -0.4 is 15.4 Å². The molecule has 168 valence electrons. The van der Waals surface area contributed by atoms with E-state index >= 15 is 0 Å². The lowest BCUT2D eigenvalue weighted by Crippen LogP contribution is -2.45. The second kappa shape index (κ2) is 8.06. The number of carbonyl (C=O) groups is 1. The Morgan fingerprint density at radius 3 is 2.66 bits per heavy atom. The van der Waals surface area contributed by atoms with Crippen molar-refractivity contribution in [1.29, 1.82) is 0 Å². The number of aliphatic hydroxyl groups is 1. The minimum atomic E-state index is -4.92. The Balaban J connectivity index is 1.93. The van der Waals surface area contributed by atoms with Gasteiger partial charge in [-0.25, -0.2) is 9.37 Å². The first-order chi connectivity index (χ1) is 15.1. The minimum absolute atomic E-state index is 0.0142. The zero-order chi connectivity index (χ0) is 23.2. The van der Waals surface area contributed by atoms with Gasteiger partial charge in [0, 0.05) is 11.1 Å². The maximum Gasteiger partial charge on any atom is 0.419 e. The Hall–Kier alpha value is -3.18. The SMILES string of the molecule is Cc1cnc(N2c3cccc(C(N)=O)c3O[C@@H](c3ccc(F)c(C(F)(F)F)c3)[C@H]2CO)s1. The molecule has 1 aliphatic rings. The van der Waals surface area contributed by atoms with E-state index in [1.807, 2.05) is 6.92 Å². The van der Waals surface area contributed by atoms with E-state index in [0.29, 0.717) is 23.0 Å². The topological polar surface area (TPSA) is 88.7 Å². The van der Waals surface area contributed by atoms with Gasteiger partial charge in [0.1, 0.15) is 18.0 Å². The second-order valence-electron chi connectivity index (χ2n) is 7.17. The summed E-state index contributed by atoms with van der Waals surface area (Å²) in [5, 5.41) is 10.7. The van der Waals surface area contributed by atoms with Crippen LogP contribution in [0, 0.1) is 12.7 Å². The van der Waals surface area contributed by atoms with E-state index in [-0.39, 0.29) is 16.9 Å². The van der Waals surface area contributed by atoms with E-state index < -0.39 is 42.2 Å². The number of hydrogen-bond donors (Lipinski definition) is 2. The molecule has 0 fully saturated rings. The standard InChI is InChI=1S/C21H17F4N3O3S/c1-10-8-27-20(32-10)28-15-4-2-3-12(19(26)30)18(15)31-17(16(28)9-29)11-5-6-14(22)13(7-11)21(23,24)25/h2-8,16-17,29H,9H2,1H3,(H2,26,30)/t16-,17+/m1/s1. The lowest BCUT2D eigenvalue weighted by atomic mass is 9.95. The third kappa shape index (κ3) is 3.78. The second-order valence-corrected chi connectivity index (χ2v) is 8.38. The first-order valence-corrected chi connectivity index (χ1v) is 10.2. The highest BCUT2D eigenvalue weighted by molar-refractivity contribution is 7.15. The van der Waals surface area contributed by atoms with Crippen LogP contribution in [0.15, 0.2) is 42.6 Å². The number of alkyl halides is 3. The van der Waals surface area contributed by atoms with Crippen molar-refractivity contribution in [3.8, 4) is 5.75 Å². The van der Waals surface area contributed by atoms with E-state index in [0.717, 1.165) is 10.9 Å². The van der Waals surface area contributed by atoms with Crippen molar-refractivity contribution in [2.75, 3.05) is 11.5 Å². The third-order valence-electron chi connectivity index (χ3n) is 5.07. The van der Waals surface area contributed by atoms with Crippen molar-refractivity contribution >= 4 is 28.1 Å². The molecule has 0 bridgehead atoms. The number of thiazole rings is 1. The van der Waals surface area contributed by atoms with Gasteiger partial charge < -0.3 is 20.5 Å². The molecule has 6 nitrogen and oxygen atoms in total. The Morgan fingerprint density at radius 1 is 1.31 bits per heavy atom. The van der Waals surface area contributed by atoms with Crippen LogP contribution >= 0.6 is 11.3 Å². The molecule has 0 saturated heterocycles. The predicted molar refractivity (Wildman–Crippen MR) is 110 cm³/mol. The molecule has 0 spiro atoms. The molecule has 0 saturated carbocycles. The number of aromatic nitrogens is 1. The maximum absolute atomic E-state index is 13.9. The van der Waals surface area contributed by atoms with E-state index in [4.69, 9.17) is 10.5 Å². The number of anilines is 2. The molecule has 0 radical (unpaired) electrons. The number of nitrogens with two attached hydrogens (primary N) is 1. The fourth-order valence-electron chi connectivity index (χ4n) is 3.66. The molecule has 11 heteroatoms. The fourth-order valence-corrected chi connectivity index (χ4v) is 4.49. The number of aliphatic hydroxyl groups excluding tert-OH is 1. The molecule has 1 aromatic heterocycles. The summed E-state index contributed by atoms with van der Waals surface area (Å²) in [7, 11) is 0. The number of fused-ring (bicyclic) bond motifs is 1. The molecular weight excluding hydrogens is 450 g/mol. The van der Waals surface area contributed by atoms with E-state index in [9.17, 15) is 27.5 Å². The summed E-state index contributed by atoms with van der Waals surface area (Å²) in [6, 6.07) is 6.21. The van der Waals surface area contributed by atoms with Crippen LogP contribution in [0.1, 0.15) is 32.5 Å². The molecule has 3 aromatic rings. The summed E-state index contributed by atoms with van der Waals surface area (Å²) in [6.45, 7) is 1.30. The summed E-state index contributed by atoms with van der Waals surface area (Å²) in [5.41, 5.74) is 4.39. The van der Waals surface area contributed by atoms with Gasteiger partial charge in [-0.3, -0.25) is 4.79 Å². The smallest absolute Gasteiger partial charge is 0.419 e. The average molecular weight is 467 g/mol. The highest BCUT2D eigenvalue weighted by atomic mass is 32.1. The van der Waals surface area contributed by atoms with Crippen LogP contribution in [0.5, 0.6) is 5.75 Å². The molecule has 1 amide bonds. The third-order valence-corrected chi connectivity index (χ3v) is 5.98. The van der Waals surface area contributed by atoms with E-state index in [1.54, 1.807) is 23.2 Å². The molecule has 0 unspecified atom stereocenters. The zero-order valence-corrected chi connectivity index (χ0v) is 17.4. The van der Waals surface area contributed by atoms with Crippen molar-refractivity contribution in [2.45, 2.75) is 25.2 Å². The zero-order valence-electron chi connectivity index (χ0n) is 16.6. The number of rotatable bonds is 4. The van der Waals surface area contributed by atoms with Crippen LogP contribution in [0.3, 0.4) is 0 Å². The Morgan fingerprint density at radius 2 is 2.06 bits per heavy atom. The van der Waals surface area contributed by atoms with E-state index in [1.165, 1.54) is 17.4 Å². The fraction of sp³-hybridized carbons (Fsp3) is 0.238. The van der Waals surface area contributed by atoms with Gasteiger partial charge in [-0.15, -0.1) is 11.3 Å². The van der Waals surface area contributed by atoms with Gasteiger partial charge in [0.05, 0.1) is 23.4 Å². The number of para-hydroxylation sites is 1. The van der Waals surface area contributed by atoms with Gasteiger partial charge >= 0.3 is 6.18 Å². The number of hydrogen-bond acceptors (Lipinski definition) is 6. The number of halogens is 4. The summed E-state index contributed by atoms with van der Waals surface area (Å²) in [4.78, 5) is 18.8. The van der Waals surface area contributed by atoms with Crippen LogP contribution in [0.2, 0.25) is 0 Å². The number of primary amides is 1. The largest absolute Gasteiger partial charge is 0.480 e. The number of amides is 1. The van der Waals surface area contributed by atoms with Crippen LogP contribution in [-0.2, 0) is 6.18 Å². The molecule has 32 heavy (non-hydrogen) atoms. The summed E-state index contributed by atoms with van der Waals surface area (Å²) in [6.07, 6.45) is -4.50. The molecule has 2 heterocycles. The lowest BCUT2D eigenvalue weighted by Gasteiger charge is -2.42. The molecule has 2 atom stereocenters. The van der Waals surface area contributed by atoms with Gasteiger partial charge in [-0.1, -0.05) is 12.1 Å². The average Bonchev–Trinajstić information content (AvgIpc) is 3.17. The monoisotopic (exact) mass is 467 g/mol. The van der Waals surface area contributed by atoms with Gasteiger partial charge in [0.2, 0.25) is 0 Å². The quantitative estimate of drug-likeness (QED) is 0.558. The van der Waals surface area contributed by atoms with E-state index in [2.05, 4.69) is 4.98 Å². The first-order valence-electron chi connectivity index (χ1n) is 9.40. The van der Waals surface area contributed by atoms with Crippen molar-refractivity contribution in [3.63, 3.8) is 0 Å². The highest BCUT2D eigenvalue weighted by Crippen LogP contribution is 2.48. The number of ether oxygens (including phenoxy) is 1. The van der Waals surface area contributed by atoms with Gasteiger partial charge in [0.15, 0.2) is 10.9 Å². The van der Waals surface area contributed by atoms with Crippen molar-refractivity contribution < 1.29 is 32.2 Å². The van der Waals surface area contributed by atoms with Crippen molar-refractivity contribution in [1.82, 2.24) is 4.98 Å². The summed E-state index contributed by atoms with van der Waals surface area (Å²) < 4.78 is 59.8. The van der Waals surface area contributed by atoms with Crippen LogP contribution in [-0.4, -0.2) is 28.6 Å². The van der Waals surface area contributed by atoms with Gasteiger partial charge in [-0.2, -0.15) is 13.2 Å². The molecule has 1 aliphatic heterocycles. The summed E-state index contributed by atoms with van der Waals surface area (Å²) in [5.74, 6) is -2.18. The molecule has 2 aromatic carbocycles. The highest BCUT2D eigenvalue weighted by Gasteiger charge is 2.42. The van der Waals surface area contributed by atoms with Crippen LogP contribution in [0.25, 0.3) is 0 Å². The molecular formula is C21H17F4N3O3S. The molecule has 4 rings (SSSR count). The summed E-state index contributed by atoms with van der Waals surface area (Å²) >= 11 is 1.29. The Kier molecular flexibility index (Phi) is 5.55. The normalized spacial score (nSPS) is 18.2.